The van der Waals surface area contributed by atoms with Crippen LogP contribution in [-0.4, -0.2) is 26.8 Å². The zero-order valence-corrected chi connectivity index (χ0v) is 7.84. The van der Waals surface area contributed by atoms with Gasteiger partial charge in [-0.15, -0.1) is 0 Å². The van der Waals surface area contributed by atoms with Crippen LogP contribution in [0, 0.1) is 0 Å². The topological polar surface area (TPSA) is 104 Å². The molecule has 0 heterocycles. The van der Waals surface area contributed by atoms with Crippen LogP contribution in [0.2, 0.25) is 0 Å². The first-order valence-corrected chi connectivity index (χ1v) is 4.49. The second-order valence-corrected chi connectivity index (χ2v) is 3.85. The zero-order chi connectivity index (χ0) is 11.2. The van der Waals surface area contributed by atoms with Crippen LogP contribution < -0.4 is 5.73 Å². The van der Waals surface area contributed by atoms with Gasteiger partial charge in [0.15, 0.2) is 11.5 Å². The van der Waals surface area contributed by atoms with Crippen LogP contribution in [0.15, 0.2) is 18.2 Å². The van der Waals surface area contributed by atoms with Crippen LogP contribution >= 0.6 is 0 Å². The number of carboxylic acids is 1. The standard InChI is InChI=1S/C10H11NO4/c11-10(9(14)15)4-6(10)5-1-2-7(12)8(13)3-5/h1-3,6,12-13H,4,11H2,(H,14,15)/t6-,10-/m1/s1. The summed E-state index contributed by atoms with van der Waals surface area (Å²) in [6.07, 6.45) is 0.354. The Kier molecular flexibility index (Phi) is 1.87. The summed E-state index contributed by atoms with van der Waals surface area (Å²) in [6, 6.07) is 4.24. The third-order valence-electron chi connectivity index (χ3n) is 2.80. The molecule has 0 bridgehead atoms. The Morgan fingerprint density at radius 3 is 2.53 bits per heavy atom. The van der Waals surface area contributed by atoms with Crippen LogP contribution in [0.5, 0.6) is 11.5 Å². The number of rotatable bonds is 2. The molecule has 5 N–H and O–H groups in total. The molecule has 0 radical (unpaired) electrons. The van der Waals surface area contributed by atoms with Gasteiger partial charge in [-0.3, -0.25) is 4.79 Å². The van der Waals surface area contributed by atoms with Gasteiger partial charge < -0.3 is 21.1 Å². The summed E-state index contributed by atoms with van der Waals surface area (Å²) in [5.41, 5.74) is 5.03. The molecule has 0 amide bonds. The average Bonchev–Trinajstić information content (AvgIpc) is 2.85. The number of carbonyl (C=O) groups is 1. The quantitative estimate of drug-likeness (QED) is 0.527. The first-order valence-electron chi connectivity index (χ1n) is 4.49. The largest absolute Gasteiger partial charge is 0.504 e. The zero-order valence-electron chi connectivity index (χ0n) is 7.84. The lowest BCUT2D eigenvalue weighted by Crippen LogP contribution is -2.34. The maximum absolute atomic E-state index is 10.8. The summed E-state index contributed by atoms with van der Waals surface area (Å²) in [7, 11) is 0. The van der Waals surface area contributed by atoms with E-state index in [4.69, 9.17) is 15.9 Å². The SMILES string of the molecule is N[C@]1(C(=O)O)C[C@@H]1c1ccc(O)c(O)c1. The maximum atomic E-state index is 10.8. The molecular weight excluding hydrogens is 198 g/mol. The van der Waals surface area contributed by atoms with Gasteiger partial charge in [-0.05, 0) is 24.1 Å². The molecule has 80 valence electrons. The number of hydrogen-bond acceptors (Lipinski definition) is 4. The lowest BCUT2D eigenvalue weighted by atomic mass is 10.1. The highest BCUT2D eigenvalue weighted by Crippen LogP contribution is 2.50. The predicted molar refractivity (Wildman–Crippen MR) is 51.7 cm³/mol. The molecule has 2 atom stereocenters. The molecule has 1 saturated carbocycles. The summed E-state index contributed by atoms with van der Waals surface area (Å²) in [5.74, 6) is -1.81. The van der Waals surface area contributed by atoms with Crippen molar-refractivity contribution in [2.24, 2.45) is 5.73 Å². The van der Waals surface area contributed by atoms with Crippen LogP contribution in [0.1, 0.15) is 17.9 Å². The molecule has 1 aliphatic rings. The van der Waals surface area contributed by atoms with Crippen molar-refractivity contribution in [1.29, 1.82) is 0 Å². The Morgan fingerprint density at radius 1 is 1.40 bits per heavy atom. The first-order chi connectivity index (χ1) is 6.95. The van der Waals surface area contributed by atoms with Gasteiger partial charge in [0.1, 0.15) is 5.54 Å². The van der Waals surface area contributed by atoms with E-state index in [1.165, 1.54) is 12.1 Å². The van der Waals surface area contributed by atoms with Crippen molar-refractivity contribution in [2.45, 2.75) is 17.9 Å². The van der Waals surface area contributed by atoms with E-state index in [-0.39, 0.29) is 17.4 Å². The van der Waals surface area contributed by atoms with Crippen LogP contribution in [0.25, 0.3) is 0 Å². The molecule has 5 nitrogen and oxygen atoms in total. The molecule has 15 heavy (non-hydrogen) atoms. The lowest BCUT2D eigenvalue weighted by molar-refractivity contribution is -0.139. The van der Waals surface area contributed by atoms with Gasteiger partial charge in [-0.1, -0.05) is 6.07 Å². The van der Waals surface area contributed by atoms with Crippen molar-refractivity contribution >= 4 is 5.97 Å². The van der Waals surface area contributed by atoms with E-state index < -0.39 is 11.5 Å². The van der Waals surface area contributed by atoms with Crippen molar-refractivity contribution in [3.05, 3.63) is 23.8 Å². The molecule has 1 aliphatic carbocycles. The van der Waals surface area contributed by atoms with Crippen molar-refractivity contribution < 1.29 is 20.1 Å². The molecule has 1 aromatic carbocycles. The molecule has 5 heteroatoms. The van der Waals surface area contributed by atoms with Gasteiger partial charge in [0.05, 0.1) is 0 Å². The van der Waals surface area contributed by atoms with Gasteiger partial charge in [-0.2, -0.15) is 0 Å². The Balaban J connectivity index is 2.27. The molecule has 0 saturated heterocycles. The van der Waals surface area contributed by atoms with E-state index in [0.717, 1.165) is 0 Å². The molecule has 1 fully saturated rings. The number of hydrogen-bond donors (Lipinski definition) is 4. The normalized spacial score (nSPS) is 28.7. The highest BCUT2D eigenvalue weighted by molar-refractivity contribution is 5.85. The molecule has 0 unspecified atom stereocenters. The minimum Gasteiger partial charge on any atom is -0.504 e. The Bertz CT molecular complexity index is 431. The fourth-order valence-corrected chi connectivity index (χ4v) is 1.69. The van der Waals surface area contributed by atoms with E-state index in [0.29, 0.717) is 12.0 Å². The smallest absolute Gasteiger partial charge is 0.324 e. The van der Waals surface area contributed by atoms with Crippen molar-refractivity contribution in [3.63, 3.8) is 0 Å². The Morgan fingerprint density at radius 2 is 2.07 bits per heavy atom. The third kappa shape index (κ3) is 1.41. The monoisotopic (exact) mass is 209 g/mol. The molecular formula is C10H11NO4. The molecule has 1 aromatic rings. The van der Waals surface area contributed by atoms with E-state index in [1.807, 2.05) is 0 Å². The van der Waals surface area contributed by atoms with Crippen LogP contribution in [0.4, 0.5) is 0 Å². The number of aromatic hydroxyl groups is 2. The van der Waals surface area contributed by atoms with Gasteiger partial charge >= 0.3 is 5.97 Å². The van der Waals surface area contributed by atoms with E-state index in [1.54, 1.807) is 6.07 Å². The maximum Gasteiger partial charge on any atom is 0.324 e. The van der Waals surface area contributed by atoms with Gasteiger partial charge in [0.2, 0.25) is 0 Å². The fraction of sp³-hybridized carbons (Fsp3) is 0.300. The molecule has 0 spiro atoms. The van der Waals surface area contributed by atoms with E-state index in [2.05, 4.69) is 0 Å². The number of benzene rings is 1. The van der Waals surface area contributed by atoms with Crippen molar-refractivity contribution in [2.75, 3.05) is 0 Å². The third-order valence-corrected chi connectivity index (χ3v) is 2.80. The molecule has 0 aliphatic heterocycles. The Hall–Kier alpha value is -1.75. The highest BCUT2D eigenvalue weighted by Gasteiger charge is 2.58. The average molecular weight is 209 g/mol. The summed E-state index contributed by atoms with van der Waals surface area (Å²) >= 11 is 0. The second kappa shape index (κ2) is 2.87. The number of nitrogens with two attached hydrogens (primary N) is 1. The van der Waals surface area contributed by atoms with Gasteiger partial charge in [0.25, 0.3) is 0 Å². The number of phenolic OH excluding ortho intramolecular Hbond substituents is 2. The number of carboxylic acid groups (broad SMARTS) is 1. The van der Waals surface area contributed by atoms with E-state index >= 15 is 0 Å². The minimum atomic E-state index is -1.22. The van der Waals surface area contributed by atoms with E-state index in [9.17, 15) is 9.90 Å². The van der Waals surface area contributed by atoms with Crippen LogP contribution in [0.3, 0.4) is 0 Å². The highest BCUT2D eigenvalue weighted by atomic mass is 16.4. The summed E-state index contributed by atoms with van der Waals surface area (Å²) in [6.45, 7) is 0. The fourth-order valence-electron chi connectivity index (χ4n) is 1.69. The first kappa shape index (κ1) is 9.79. The number of aliphatic carboxylic acids is 1. The van der Waals surface area contributed by atoms with Crippen molar-refractivity contribution in [3.8, 4) is 11.5 Å². The van der Waals surface area contributed by atoms with Crippen LogP contribution in [-0.2, 0) is 4.79 Å². The molecule has 2 rings (SSSR count). The van der Waals surface area contributed by atoms with Crippen molar-refractivity contribution in [1.82, 2.24) is 0 Å². The van der Waals surface area contributed by atoms with Gasteiger partial charge in [0, 0.05) is 5.92 Å². The van der Waals surface area contributed by atoms with Gasteiger partial charge in [-0.25, -0.2) is 0 Å². The summed E-state index contributed by atoms with van der Waals surface area (Å²) in [4.78, 5) is 10.8. The minimum absolute atomic E-state index is 0.225. The summed E-state index contributed by atoms with van der Waals surface area (Å²) in [5, 5.41) is 27.2. The summed E-state index contributed by atoms with van der Waals surface area (Å²) < 4.78 is 0. The Labute approximate surface area is 85.8 Å². The number of phenols is 2. The molecule has 0 aromatic heterocycles. The second-order valence-electron chi connectivity index (χ2n) is 3.85. The lowest BCUT2D eigenvalue weighted by Gasteiger charge is -2.06. The predicted octanol–water partition coefficient (Wildman–Crippen LogP) is 0.367.